The smallest absolute Gasteiger partial charge is 0.280 e. The van der Waals surface area contributed by atoms with Crippen molar-refractivity contribution in [3.63, 3.8) is 0 Å². The number of ether oxygens (including phenoxy) is 4. The Morgan fingerprint density at radius 1 is 0.909 bits per heavy atom. The first-order valence-electron chi connectivity index (χ1n) is 14.0. The van der Waals surface area contributed by atoms with E-state index in [9.17, 15) is 15.0 Å². The van der Waals surface area contributed by atoms with Gasteiger partial charge in [-0.05, 0) is 53.1 Å². The largest absolute Gasteiger partial charge is 0.497 e. The molecule has 228 valence electrons. The predicted octanol–water partition coefficient (Wildman–Crippen LogP) is 3.19. The topological polar surface area (TPSA) is 153 Å². The summed E-state index contributed by atoms with van der Waals surface area (Å²) in [5.74, 6) is 2.22. The Morgan fingerprint density at radius 3 is 1.84 bits per heavy atom. The zero-order chi connectivity index (χ0) is 30.8. The highest BCUT2D eigenvalue weighted by atomic mass is 16.5. The van der Waals surface area contributed by atoms with Crippen molar-refractivity contribution in [2.45, 2.75) is 30.4 Å². The van der Waals surface area contributed by atoms with Crippen molar-refractivity contribution in [3.05, 3.63) is 106 Å². The second-order valence-electron chi connectivity index (χ2n) is 10.4. The van der Waals surface area contributed by atoms with Gasteiger partial charge in [0.1, 0.15) is 35.1 Å². The van der Waals surface area contributed by atoms with Crippen LogP contribution in [0.3, 0.4) is 0 Å². The summed E-state index contributed by atoms with van der Waals surface area (Å²) in [6, 6.07) is 22.9. The molecule has 0 radical (unpaired) electrons. The highest BCUT2D eigenvalue weighted by Gasteiger charge is 2.39. The normalized spacial score (nSPS) is 18.3. The molecule has 12 heteroatoms. The number of nitrogens with zero attached hydrogens (tertiary/aromatic N) is 3. The highest BCUT2D eigenvalue weighted by Crippen LogP contribution is 2.41. The maximum atomic E-state index is 13.4. The number of hydrogen-bond donors (Lipinski definition) is 4. The molecule has 3 heterocycles. The van der Waals surface area contributed by atoms with Crippen molar-refractivity contribution in [1.29, 1.82) is 0 Å². The first-order valence-corrected chi connectivity index (χ1v) is 14.0. The van der Waals surface area contributed by atoms with E-state index in [1.54, 1.807) is 25.9 Å². The number of rotatable bonds is 10. The number of methoxy groups -OCH3 is 3. The number of aliphatic hydroxyl groups excluding tert-OH is 2. The Morgan fingerprint density at radius 2 is 1.41 bits per heavy atom. The molecule has 4 N–H and O–H groups in total. The van der Waals surface area contributed by atoms with Gasteiger partial charge in [0.05, 0.1) is 40.4 Å². The molecule has 44 heavy (non-hydrogen) atoms. The van der Waals surface area contributed by atoms with Crippen LogP contribution in [0.25, 0.3) is 11.2 Å². The molecule has 0 unspecified atom stereocenters. The van der Waals surface area contributed by atoms with Crippen LogP contribution in [0.5, 0.6) is 17.2 Å². The van der Waals surface area contributed by atoms with Crippen LogP contribution in [0.4, 0.5) is 5.95 Å². The second-order valence-corrected chi connectivity index (χ2v) is 10.4. The number of benzene rings is 3. The molecule has 0 saturated carbocycles. The van der Waals surface area contributed by atoms with Gasteiger partial charge in [0.25, 0.3) is 5.56 Å². The molecule has 3 atom stereocenters. The Labute approximate surface area is 252 Å². The summed E-state index contributed by atoms with van der Waals surface area (Å²) in [5, 5.41) is 23.5. The van der Waals surface area contributed by atoms with E-state index in [2.05, 4.69) is 15.3 Å². The van der Waals surface area contributed by atoms with E-state index in [0.717, 1.165) is 16.7 Å². The quantitative estimate of drug-likeness (QED) is 0.176. The molecule has 2 aromatic heterocycles. The molecule has 0 amide bonds. The first-order chi connectivity index (χ1) is 21.4. The van der Waals surface area contributed by atoms with Gasteiger partial charge in [0.2, 0.25) is 5.95 Å². The molecule has 12 nitrogen and oxygen atoms in total. The summed E-state index contributed by atoms with van der Waals surface area (Å²) in [4.78, 5) is 25.3. The molecule has 3 aromatic carbocycles. The average molecular weight is 600 g/mol. The maximum Gasteiger partial charge on any atom is 0.280 e. The van der Waals surface area contributed by atoms with Gasteiger partial charge in [-0.3, -0.25) is 14.3 Å². The van der Waals surface area contributed by atoms with Crippen LogP contribution in [0.2, 0.25) is 0 Å². The molecule has 6 rings (SSSR count). The third-order valence-corrected chi connectivity index (χ3v) is 8.00. The minimum absolute atomic E-state index is 0.116. The van der Waals surface area contributed by atoms with Gasteiger partial charge in [0.15, 0.2) is 11.2 Å². The van der Waals surface area contributed by atoms with Crippen molar-refractivity contribution >= 4 is 17.1 Å². The molecule has 1 aliphatic heterocycles. The molecule has 1 saturated heterocycles. The van der Waals surface area contributed by atoms with Crippen LogP contribution in [0.1, 0.15) is 29.3 Å². The van der Waals surface area contributed by atoms with Gasteiger partial charge < -0.3 is 34.5 Å². The van der Waals surface area contributed by atoms with Crippen LogP contribution in [-0.4, -0.2) is 69.9 Å². The fourth-order valence-corrected chi connectivity index (χ4v) is 5.66. The zero-order valence-electron chi connectivity index (χ0n) is 24.4. The monoisotopic (exact) mass is 599 g/mol. The molecule has 5 aromatic rings. The van der Waals surface area contributed by atoms with Crippen molar-refractivity contribution < 1.29 is 29.2 Å². The molecule has 1 fully saturated rings. The lowest BCUT2D eigenvalue weighted by Gasteiger charge is -2.37. The molecular weight excluding hydrogens is 566 g/mol. The SMILES string of the molecule is COc1ccc(C(Nc2nc3c(ncn3[C@H]3C[C@H](O)[C@@H](CO)O3)c(=O)[nH]2)(c2ccc(OC)cc2)c2ccc(OC)cc2)cc1. The molecule has 1 aliphatic rings. The lowest BCUT2D eigenvalue weighted by atomic mass is 9.77. The zero-order valence-corrected chi connectivity index (χ0v) is 24.4. The molecule has 0 bridgehead atoms. The number of anilines is 1. The third-order valence-electron chi connectivity index (χ3n) is 8.00. The fourth-order valence-electron chi connectivity index (χ4n) is 5.66. The average Bonchev–Trinajstić information content (AvgIpc) is 3.67. The number of aliphatic hydroxyl groups is 2. The number of H-pyrrole nitrogens is 1. The van der Waals surface area contributed by atoms with Gasteiger partial charge in [-0.25, -0.2) is 4.98 Å². The van der Waals surface area contributed by atoms with Crippen LogP contribution in [0.15, 0.2) is 83.9 Å². The molecule has 0 spiro atoms. The summed E-state index contributed by atoms with van der Waals surface area (Å²) in [6.07, 6.45) is -0.609. The number of imidazole rings is 1. The lowest BCUT2D eigenvalue weighted by Crippen LogP contribution is -2.39. The minimum atomic E-state index is -1.08. The Hall–Kier alpha value is -4.91. The van der Waals surface area contributed by atoms with E-state index in [1.807, 2.05) is 72.8 Å². The van der Waals surface area contributed by atoms with E-state index < -0.39 is 29.5 Å². The van der Waals surface area contributed by atoms with Gasteiger partial charge in [-0.15, -0.1) is 0 Å². The first kappa shape index (κ1) is 29.2. The molecular formula is C32H33N5O7. The number of hydrogen-bond acceptors (Lipinski definition) is 10. The fraction of sp³-hybridized carbons (Fsp3) is 0.281. The molecule has 0 aliphatic carbocycles. The number of fused-ring (bicyclic) bond motifs is 1. The van der Waals surface area contributed by atoms with Gasteiger partial charge in [-0.1, -0.05) is 36.4 Å². The van der Waals surface area contributed by atoms with E-state index in [4.69, 9.17) is 23.9 Å². The summed E-state index contributed by atoms with van der Waals surface area (Å²) in [5.41, 5.74) is 1.34. The van der Waals surface area contributed by atoms with Gasteiger partial charge in [-0.2, -0.15) is 4.98 Å². The van der Waals surface area contributed by atoms with Crippen molar-refractivity contribution in [2.24, 2.45) is 0 Å². The van der Waals surface area contributed by atoms with Gasteiger partial charge >= 0.3 is 0 Å². The van der Waals surface area contributed by atoms with E-state index >= 15 is 0 Å². The summed E-state index contributed by atoms with van der Waals surface area (Å²) in [7, 11) is 4.82. The third kappa shape index (κ3) is 5.12. The maximum absolute atomic E-state index is 13.4. The standard InChI is InChI=1S/C32H33N5O7/c1-41-22-10-4-19(5-11-22)32(20-6-12-23(42-2)13-7-20,21-8-14-24(43-3)15-9-21)36-31-34-29-28(30(40)35-31)33-18-37(29)27-16-25(39)26(17-38)44-27/h4-15,18,25-27,38-39H,16-17H2,1-3H3,(H2,34,35,36,40)/t25-,26+,27+/m0/s1. The van der Waals surface area contributed by atoms with Crippen LogP contribution >= 0.6 is 0 Å². The minimum Gasteiger partial charge on any atom is -0.497 e. The van der Waals surface area contributed by atoms with Crippen LogP contribution in [0, 0.1) is 0 Å². The van der Waals surface area contributed by atoms with Crippen molar-refractivity contribution in [1.82, 2.24) is 19.5 Å². The number of nitrogens with one attached hydrogen (secondary N) is 2. The van der Waals surface area contributed by atoms with E-state index in [0.29, 0.717) is 17.2 Å². The Balaban J connectivity index is 1.55. The van der Waals surface area contributed by atoms with E-state index in [-0.39, 0.29) is 30.1 Å². The highest BCUT2D eigenvalue weighted by molar-refractivity contribution is 5.71. The van der Waals surface area contributed by atoms with Crippen molar-refractivity contribution in [3.8, 4) is 17.2 Å². The van der Waals surface area contributed by atoms with Crippen LogP contribution < -0.4 is 25.1 Å². The summed E-state index contributed by atoms with van der Waals surface area (Å²) < 4.78 is 23.8. The van der Waals surface area contributed by atoms with E-state index in [1.165, 1.54) is 6.33 Å². The second kappa shape index (κ2) is 12.0. The Bertz CT molecular complexity index is 1670. The van der Waals surface area contributed by atoms with Gasteiger partial charge in [0, 0.05) is 6.42 Å². The number of aromatic nitrogens is 4. The number of aromatic amines is 1. The predicted molar refractivity (Wildman–Crippen MR) is 162 cm³/mol. The summed E-state index contributed by atoms with van der Waals surface area (Å²) in [6.45, 7) is -0.334. The van der Waals surface area contributed by atoms with Crippen LogP contribution in [-0.2, 0) is 10.3 Å². The van der Waals surface area contributed by atoms with Crippen molar-refractivity contribution in [2.75, 3.05) is 33.3 Å². The lowest BCUT2D eigenvalue weighted by molar-refractivity contribution is -0.0432. The Kier molecular flexibility index (Phi) is 7.95. The summed E-state index contributed by atoms with van der Waals surface area (Å²) >= 11 is 0.